The van der Waals surface area contributed by atoms with Gasteiger partial charge in [0.2, 0.25) is 0 Å². The van der Waals surface area contributed by atoms with Gasteiger partial charge in [-0.05, 0) is 37.1 Å². The van der Waals surface area contributed by atoms with Crippen LogP contribution < -0.4 is 5.73 Å². The minimum Gasteiger partial charge on any atom is -0.321 e. The van der Waals surface area contributed by atoms with Crippen LogP contribution in [0.3, 0.4) is 0 Å². The van der Waals surface area contributed by atoms with Gasteiger partial charge in [-0.3, -0.25) is 4.90 Å². The maximum absolute atomic E-state index is 6.62. The van der Waals surface area contributed by atoms with Crippen molar-refractivity contribution < 1.29 is 0 Å². The Kier molecular flexibility index (Phi) is 4.41. The summed E-state index contributed by atoms with van der Waals surface area (Å²) < 4.78 is 0. The van der Waals surface area contributed by atoms with E-state index in [4.69, 9.17) is 5.73 Å². The summed E-state index contributed by atoms with van der Waals surface area (Å²) in [4.78, 5) is 2.46. The lowest BCUT2D eigenvalue weighted by atomic mass is 9.86. The van der Waals surface area contributed by atoms with Crippen LogP contribution in [0.2, 0.25) is 0 Å². The van der Waals surface area contributed by atoms with Crippen LogP contribution in [-0.4, -0.2) is 18.0 Å². The van der Waals surface area contributed by atoms with Crippen molar-refractivity contribution in [1.82, 2.24) is 4.90 Å². The zero-order valence-electron chi connectivity index (χ0n) is 11.8. The van der Waals surface area contributed by atoms with Gasteiger partial charge in [0.1, 0.15) is 0 Å². The molecule has 1 aromatic carbocycles. The van der Waals surface area contributed by atoms with Crippen molar-refractivity contribution in [3.8, 4) is 0 Å². The van der Waals surface area contributed by atoms with Gasteiger partial charge in [-0.25, -0.2) is 0 Å². The zero-order valence-corrected chi connectivity index (χ0v) is 11.8. The van der Waals surface area contributed by atoms with Gasteiger partial charge in [-0.15, -0.1) is 0 Å². The molecule has 0 saturated heterocycles. The molecule has 100 valence electrons. The normalized spacial score (nSPS) is 18.4. The topological polar surface area (TPSA) is 29.3 Å². The van der Waals surface area contributed by atoms with Crippen LogP contribution in [0.15, 0.2) is 24.3 Å². The highest BCUT2D eigenvalue weighted by molar-refractivity contribution is 5.34. The van der Waals surface area contributed by atoms with Crippen LogP contribution in [0.25, 0.3) is 0 Å². The summed E-state index contributed by atoms with van der Waals surface area (Å²) in [7, 11) is 0. The van der Waals surface area contributed by atoms with Gasteiger partial charge >= 0.3 is 0 Å². The Labute approximate surface area is 111 Å². The first kappa shape index (κ1) is 13.6. The van der Waals surface area contributed by atoms with Crippen LogP contribution in [0.4, 0.5) is 0 Å². The number of hydrogen-bond donors (Lipinski definition) is 1. The van der Waals surface area contributed by atoms with Crippen molar-refractivity contribution >= 4 is 0 Å². The Morgan fingerprint density at radius 2 is 1.72 bits per heavy atom. The first-order valence-electron chi connectivity index (χ1n) is 7.29. The standard InChI is InChI=1S/C16H26N2/c1-3-18(4-2)13-14-9-5-6-10-15(14)16(17)11-7-8-12-16/h5-6,9-10H,3-4,7-8,11-13,17H2,1-2H3. The smallest absolute Gasteiger partial charge is 0.0412 e. The van der Waals surface area contributed by atoms with Crippen LogP contribution in [0.1, 0.15) is 50.7 Å². The molecular formula is C16H26N2. The highest BCUT2D eigenvalue weighted by Gasteiger charge is 2.32. The van der Waals surface area contributed by atoms with Gasteiger partial charge < -0.3 is 5.73 Å². The first-order chi connectivity index (χ1) is 8.69. The molecule has 0 bridgehead atoms. The van der Waals surface area contributed by atoms with Crippen LogP contribution in [0.5, 0.6) is 0 Å². The Balaban J connectivity index is 2.25. The average molecular weight is 246 g/mol. The summed E-state index contributed by atoms with van der Waals surface area (Å²) in [5.74, 6) is 0. The molecule has 0 aliphatic heterocycles. The monoisotopic (exact) mass is 246 g/mol. The van der Waals surface area contributed by atoms with E-state index in [0.29, 0.717) is 0 Å². The predicted molar refractivity (Wildman–Crippen MR) is 77.4 cm³/mol. The molecule has 0 spiro atoms. The Morgan fingerprint density at radius 3 is 2.33 bits per heavy atom. The molecule has 2 heteroatoms. The second kappa shape index (κ2) is 5.85. The lowest BCUT2D eigenvalue weighted by Crippen LogP contribution is -2.35. The molecule has 0 radical (unpaired) electrons. The number of benzene rings is 1. The van der Waals surface area contributed by atoms with Crippen molar-refractivity contribution in [3.05, 3.63) is 35.4 Å². The molecule has 1 saturated carbocycles. The zero-order chi connectivity index (χ0) is 13.0. The number of nitrogens with zero attached hydrogens (tertiary/aromatic N) is 1. The number of hydrogen-bond acceptors (Lipinski definition) is 2. The maximum atomic E-state index is 6.62. The molecule has 1 fully saturated rings. The summed E-state index contributed by atoms with van der Waals surface area (Å²) in [5, 5.41) is 0. The highest BCUT2D eigenvalue weighted by atomic mass is 15.1. The van der Waals surface area contributed by atoms with Crippen molar-refractivity contribution in [2.75, 3.05) is 13.1 Å². The Morgan fingerprint density at radius 1 is 1.11 bits per heavy atom. The van der Waals surface area contributed by atoms with E-state index in [1.165, 1.54) is 24.0 Å². The van der Waals surface area contributed by atoms with Gasteiger partial charge in [-0.1, -0.05) is 51.0 Å². The molecule has 2 rings (SSSR count). The van der Waals surface area contributed by atoms with E-state index in [-0.39, 0.29) is 5.54 Å². The molecule has 0 amide bonds. The first-order valence-corrected chi connectivity index (χ1v) is 7.29. The number of rotatable bonds is 5. The molecule has 1 aromatic rings. The van der Waals surface area contributed by atoms with E-state index in [9.17, 15) is 0 Å². The Bertz CT molecular complexity index is 376. The largest absolute Gasteiger partial charge is 0.321 e. The third kappa shape index (κ3) is 2.76. The van der Waals surface area contributed by atoms with E-state index in [0.717, 1.165) is 32.5 Å². The van der Waals surface area contributed by atoms with Crippen LogP contribution >= 0.6 is 0 Å². The summed E-state index contributed by atoms with van der Waals surface area (Å²) in [6, 6.07) is 8.76. The maximum Gasteiger partial charge on any atom is 0.0412 e. The molecule has 0 atom stereocenters. The molecule has 1 aliphatic carbocycles. The lowest BCUT2D eigenvalue weighted by molar-refractivity contribution is 0.292. The highest BCUT2D eigenvalue weighted by Crippen LogP contribution is 2.38. The molecule has 18 heavy (non-hydrogen) atoms. The fourth-order valence-corrected chi connectivity index (χ4v) is 3.11. The molecule has 0 aromatic heterocycles. The van der Waals surface area contributed by atoms with E-state index in [1.54, 1.807) is 0 Å². The average Bonchev–Trinajstić information content (AvgIpc) is 2.84. The third-order valence-electron chi connectivity index (χ3n) is 4.34. The third-order valence-corrected chi connectivity index (χ3v) is 4.34. The van der Waals surface area contributed by atoms with Crippen molar-refractivity contribution in [1.29, 1.82) is 0 Å². The van der Waals surface area contributed by atoms with E-state index < -0.39 is 0 Å². The van der Waals surface area contributed by atoms with Crippen molar-refractivity contribution in [2.45, 2.75) is 51.6 Å². The van der Waals surface area contributed by atoms with E-state index >= 15 is 0 Å². The predicted octanol–water partition coefficient (Wildman–Crippen LogP) is 3.26. The quantitative estimate of drug-likeness (QED) is 0.864. The fraction of sp³-hybridized carbons (Fsp3) is 0.625. The van der Waals surface area contributed by atoms with Gasteiger partial charge in [0.15, 0.2) is 0 Å². The summed E-state index contributed by atoms with van der Waals surface area (Å²) in [6.45, 7) is 7.67. The van der Waals surface area contributed by atoms with Gasteiger partial charge in [-0.2, -0.15) is 0 Å². The Hall–Kier alpha value is -0.860. The van der Waals surface area contributed by atoms with Crippen LogP contribution in [0, 0.1) is 0 Å². The SMILES string of the molecule is CCN(CC)Cc1ccccc1C1(N)CCCC1. The second-order valence-electron chi connectivity index (χ2n) is 5.48. The molecular weight excluding hydrogens is 220 g/mol. The van der Waals surface area contributed by atoms with E-state index in [2.05, 4.69) is 43.0 Å². The van der Waals surface area contributed by atoms with Gasteiger partial charge in [0.25, 0.3) is 0 Å². The van der Waals surface area contributed by atoms with Crippen LogP contribution in [-0.2, 0) is 12.1 Å². The van der Waals surface area contributed by atoms with Crippen molar-refractivity contribution in [2.24, 2.45) is 5.73 Å². The molecule has 1 aliphatic rings. The molecule has 2 nitrogen and oxygen atoms in total. The van der Waals surface area contributed by atoms with Gasteiger partial charge in [0, 0.05) is 12.1 Å². The lowest BCUT2D eigenvalue weighted by Gasteiger charge is -2.29. The van der Waals surface area contributed by atoms with Gasteiger partial charge in [0.05, 0.1) is 0 Å². The fourth-order valence-electron chi connectivity index (χ4n) is 3.11. The summed E-state index contributed by atoms with van der Waals surface area (Å²) >= 11 is 0. The summed E-state index contributed by atoms with van der Waals surface area (Å²) in [6.07, 6.45) is 4.83. The van der Waals surface area contributed by atoms with E-state index in [1.807, 2.05) is 0 Å². The van der Waals surface area contributed by atoms with Crippen molar-refractivity contribution in [3.63, 3.8) is 0 Å². The second-order valence-corrected chi connectivity index (χ2v) is 5.48. The minimum atomic E-state index is -0.0657. The number of nitrogens with two attached hydrogens (primary N) is 1. The summed E-state index contributed by atoms with van der Waals surface area (Å²) in [5.41, 5.74) is 9.36. The minimum absolute atomic E-state index is 0.0657. The molecule has 2 N–H and O–H groups in total. The molecule has 0 unspecified atom stereocenters. The molecule has 0 heterocycles.